The lowest BCUT2D eigenvalue weighted by Crippen LogP contribution is -2.39. The van der Waals surface area contributed by atoms with E-state index in [-0.39, 0.29) is 11.8 Å². The van der Waals surface area contributed by atoms with E-state index in [0.717, 1.165) is 42.7 Å². The van der Waals surface area contributed by atoms with Gasteiger partial charge in [0.05, 0.1) is 12.0 Å². The number of carbonyl (C=O) groups is 2. The Balaban J connectivity index is 1.26. The molecule has 0 radical (unpaired) electrons. The van der Waals surface area contributed by atoms with Gasteiger partial charge in [0.25, 0.3) is 0 Å². The molecule has 0 saturated carbocycles. The first-order valence-electron chi connectivity index (χ1n) is 9.69. The van der Waals surface area contributed by atoms with Crippen molar-refractivity contribution in [1.29, 1.82) is 0 Å². The molecular formula is C22H23N3O2. The molecule has 27 heavy (non-hydrogen) atoms. The van der Waals surface area contributed by atoms with Crippen LogP contribution in [0.25, 0.3) is 0 Å². The van der Waals surface area contributed by atoms with Gasteiger partial charge in [-0.25, -0.2) is 0 Å². The van der Waals surface area contributed by atoms with Gasteiger partial charge >= 0.3 is 0 Å². The average Bonchev–Trinajstić information content (AvgIpc) is 3.35. The summed E-state index contributed by atoms with van der Waals surface area (Å²) in [5, 5.41) is 6.03. The summed E-state index contributed by atoms with van der Waals surface area (Å²) in [7, 11) is 0. The van der Waals surface area contributed by atoms with Gasteiger partial charge in [-0.1, -0.05) is 24.3 Å². The van der Waals surface area contributed by atoms with E-state index in [1.807, 2.05) is 30.3 Å². The van der Waals surface area contributed by atoms with E-state index in [9.17, 15) is 9.59 Å². The maximum Gasteiger partial charge on any atom is 0.238 e. The zero-order valence-electron chi connectivity index (χ0n) is 15.3. The first kappa shape index (κ1) is 16.5. The molecule has 2 amide bonds. The number of para-hydroxylation sites is 1. The minimum Gasteiger partial charge on any atom is -0.325 e. The summed E-state index contributed by atoms with van der Waals surface area (Å²) in [6, 6.07) is 14.1. The molecule has 2 N–H and O–H groups in total. The highest BCUT2D eigenvalue weighted by atomic mass is 16.2. The molecule has 1 fully saturated rings. The Morgan fingerprint density at radius 2 is 2.00 bits per heavy atom. The summed E-state index contributed by atoms with van der Waals surface area (Å²) in [5.74, 6) is 0.0434. The van der Waals surface area contributed by atoms with Crippen LogP contribution in [0.2, 0.25) is 0 Å². The molecule has 0 aromatic heterocycles. The van der Waals surface area contributed by atoms with Crippen LogP contribution in [0.3, 0.4) is 0 Å². The van der Waals surface area contributed by atoms with Crippen molar-refractivity contribution in [1.82, 2.24) is 4.90 Å². The maximum absolute atomic E-state index is 12.6. The quantitative estimate of drug-likeness (QED) is 0.884. The van der Waals surface area contributed by atoms with Crippen molar-refractivity contribution >= 4 is 23.2 Å². The molecule has 3 aliphatic rings. The average molecular weight is 361 g/mol. The Morgan fingerprint density at radius 3 is 2.93 bits per heavy atom. The fourth-order valence-corrected chi connectivity index (χ4v) is 4.86. The third-order valence-electron chi connectivity index (χ3n) is 6.22. The Kier molecular flexibility index (Phi) is 3.79. The monoisotopic (exact) mass is 361 g/mol. The fraction of sp³-hybridized carbons (Fsp3) is 0.364. The summed E-state index contributed by atoms with van der Waals surface area (Å²) in [5.41, 5.74) is 5.10. The molecule has 2 aromatic rings. The number of anilines is 2. The lowest BCUT2D eigenvalue weighted by molar-refractivity contribution is -0.121. The Hall–Kier alpha value is -2.66. The molecule has 1 aliphatic carbocycles. The summed E-state index contributed by atoms with van der Waals surface area (Å²) < 4.78 is 0. The van der Waals surface area contributed by atoms with Crippen LogP contribution in [0.5, 0.6) is 0 Å². The van der Waals surface area contributed by atoms with E-state index in [0.29, 0.717) is 13.1 Å². The zero-order valence-corrected chi connectivity index (χ0v) is 15.3. The number of aryl methyl sites for hydroxylation is 2. The van der Waals surface area contributed by atoms with Gasteiger partial charge < -0.3 is 10.6 Å². The molecule has 1 unspecified atom stereocenters. The van der Waals surface area contributed by atoms with Crippen molar-refractivity contribution in [3.63, 3.8) is 0 Å². The van der Waals surface area contributed by atoms with Crippen LogP contribution < -0.4 is 10.6 Å². The van der Waals surface area contributed by atoms with Gasteiger partial charge in [0.1, 0.15) is 0 Å². The van der Waals surface area contributed by atoms with Crippen LogP contribution in [0.1, 0.15) is 29.5 Å². The molecule has 1 spiro atoms. The van der Waals surface area contributed by atoms with E-state index in [4.69, 9.17) is 0 Å². The summed E-state index contributed by atoms with van der Waals surface area (Å²) >= 11 is 0. The van der Waals surface area contributed by atoms with Crippen molar-refractivity contribution in [2.45, 2.75) is 31.1 Å². The van der Waals surface area contributed by atoms with Crippen molar-refractivity contribution < 1.29 is 9.59 Å². The van der Waals surface area contributed by atoms with Gasteiger partial charge in [-0.15, -0.1) is 0 Å². The second kappa shape index (κ2) is 6.20. The van der Waals surface area contributed by atoms with E-state index in [1.54, 1.807) is 0 Å². The zero-order chi connectivity index (χ0) is 18.4. The largest absolute Gasteiger partial charge is 0.325 e. The Morgan fingerprint density at radius 1 is 1.15 bits per heavy atom. The fourth-order valence-electron chi connectivity index (χ4n) is 4.86. The second-order valence-corrected chi connectivity index (χ2v) is 7.93. The first-order valence-corrected chi connectivity index (χ1v) is 9.69. The summed E-state index contributed by atoms with van der Waals surface area (Å²) in [6.07, 6.45) is 4.19. The molecule has 5 heteroatoms. The third kappa shape index (κ3) is 2.73. The molecule has 1 atom stereocenters. The Bertz CT molecular complexity index is 939. The molecule has 5 rings (SSSR count). The normalized spacial score (nSPS) is 23.3. The number of likely N-dealkylation sites (tertiary alicyclic amines) is 1. The van der Waals surface area contributed by atoms with E-state index < -0.39 is 5.41 Å². The Labute approximate surface area is 158 Å². The predicted octanol–water partition coefficient (Wildman–Crippen LogP) is 2.71. The lowest BCUT2D eigenvalue weighted by atomic mass is 9.81. The first-order chi connectivity index (χ1) is 13.1. The minimum absolute atomic E-state index is 0.0170. The summed E-state index contributed by atoms with van der Waals surface area (Å²) in [6.45, 7) is 1.65. The topological polar surface area (TPSA) is 61.4 Å². The van der Waals surface area contributed by atoms with E-state index in [2.05, 4.69) is 27.7 Å². The third-order valence-corrected chi connectivity index (χ3v) is 6.22. The molecule has 2 aliphatic heterocycles. The van der Waals surface area contributed by atoms with Crippen LogP contribution in [-0.2, 0) is 27.8 Å². The van der Waals surface area contributed by atoms with Crippen LogP contribution in [-0.4, -0.2) is 36.3 Å². The number of hydrogen-bond acceptors (Lipinski definition) is 3. The highest BCUT2D eigenvalue weighted by Gasteiger charge is 2.51. The highest BCUT2D eigenvalue weighted by Crippen LogP contribution is 2.43. The summed E-state index contributed by atoms with van der Waals surface area (Å²) in [4.78, 5) is 27.3. The maximum atomic E-state index is 12.6. The SMILES string of the molecule is O=C(CN1CCC2(C1)C(=O)Nc1ccccc12)Nc1ccc2c(c1)CCC2. The molecule has 138 valence electrons. The van der Waals surface area contributed by atoms with Crippen molar-refractivity contribution in [3.8, 4) is 0 Å². The number of nitrogens with zero attached hydrogens (tertiary/aromatic N) is 1. The molecule has 1 saturated heterocycles. The molecule has 2 aromatic carbocycles. The van der Waals surface area contributed by atoms with Gasteiger partial charge in [-0.05, 0) is 60.6 Å². The van der Waals surface area contributed by atoms with Crippen molar-refractivity contribution in [2.75, 3.05) is 30.3 Å². The van der Waals surface area contributed by atoms with E-state index in [1.165, 1.54) is 17.5 Å². The number of amides is 2. The van der Waals surface area contributed by atoms with Gasteiger partial charge in [0, 0.05) is 24.5 Å². The molecular weight excluding hydrogens is 338 g/mol. The van der Waals surface area contributed by atoms with Crippen LogP contribution >= 0.6 is 0 Å². The second-order valence-electron chi connectivity index (χ2n) is 7.93. The van der Waals surface area contributed by atoms with Gasteiger partial charge in [-0.3, -0.25) is 14.5 Å². The van der Waals surface area contributed by atoms with Gasteiger partial charge in [-0.2, -0.15) is 0 Å². The number of rotatable bonds is 3. The number of nitrogens with one attached hydrogen (secondary N) is 2. The van der Waals surface area contributed by atoms with Crippen LogP contribution in [0, 0.1) is 0 Å². The molecule has 2 heterocycles. The number of hydrogen-bond donors (Lipinski definition) is 2. The highest BCUT2D eigenvalue weighted by molar-refractivity contribution is 6.06. The van der Waals surface area contributed by atoms with Crippen molar-refractivity contribution in [2.24, 2.45) is 0 Å². The molecule has 5 nitrogen and oxygen atoms in total. The number of fused-ring (bicyclic) bond motifs is 3. The molecule has 0 bridgehead atoms. The van der Waals surface area contributed by atoms with Gasteiger partial charge in [0.15, 0.2) is 0 Å². The van der Waals surface area contributed by atoms with Gasteiger partial charge in [0.2, 0.25) is 11.8 Å². The van der Waals surface area contributed by atoms with Crippen LogP contribution in [0.4, 0.5) is 11.4 Å². The van der Waals surface area contributed by atoms with Crippen LogP contribution in [0.15, 0.2) is 42.5 Å². The number of carbonyl (C=O) groups excluding carboxylic acids is 2. The predicted molar refractivity (Wildman–Crippen MR) is 105 cm³/mol. The number of benzene rings is 2. The lowest BCUT2D eigenvalue weighted by Gasteiger charge is -2.22. The minimum atomic E-state index is -0.509. The van der Waals surface area contributed by atoms with E-state index >= 15 is 0 Å². The van der Waals surface area contributed by atoms with Crippen molar-refractivity contribution in [3.05, 3.63) is 59.2 Å². The smallest absolute Gasteiger partial charge is 0.238 e. The standard InChI is InChI=1S/C22H23N3O2/c26-20(23-17-9-8-15-4-3-5-16(15)12-17)13-25-11-10-22(14-25)18-6-1-2-7-19(18)24-21(22)27/h1-2,6-9,12H,3-5,10-11,13-14H2,(H,23,26)(H,24,27).